The van der Waals surface area contributed by atoms with Crippen molar-refractivity contribution in [2.45, 2.75) is 39.8 Å². The molecule has 0 aliphatic heterocycles. The molecule has 0 aromatic carbocycles. The summed E-state index contributed by atoms with van der Waals surface area (Å²) in [6.07, 6.45) is 0.943. The monoisotopic (exact) mass is 282 g/mol. The molecule has 20 heavy (non-hydrogen) atoms. The van der Waals surface area contributed by atoms with Gasteiger partial charge in [-0.15, -0.1) is 10.2 Å². The van der Waals surface area contributed by atoms with Gasteiger partial charge in [-0.2, -0.15) is 0 Å². The van der Waals surface area contributed by atoms with E-state index in [1.807, 2.05) is 18.5 Å². The van der Waals surface area contributed by atoms with Gasteiger partial charge in [-0.25, -0.2) is 4.99 Å². The molecule has 1 aromatic rings. The normalized spacial score (nSPS) is 12.0. The Hall–Kier alpha value is -1.63. The summed E-state index contributed by atoms with van der Waals surface area (Å²) >= 11 is 0. The predicted molar refractivity (Wildman–Crippen MR) is 79.6 cm³/mol. The van der Waals surface area contributed by atoms with Crippen molar-refractivity contribution in [3.63, 3.8) is 0 Å². The third-order valence-corrected chi connectivity index (χ3v) is 2.80. The Morgan fingerprint density at radius 1 is 1.40 bits per heavy atom. The highest BCUT2D eigenvalue weighted by Crippen LogP contribution is 1.99. The lowest BCUT2D eigenvalue weighted by molar-refractivity contribution is 0.195. The zero-order valence-electron chi connectivity index (χ0n) is 13.1. The summed E-state index contributed by atoms with van der Waals surface area (Å²) in [5, 5.41) is 14.7. The molecule has 0 unspecified atom stereocenters. The minimum absolute atomic E-state index is 0.324. The second-order valence-electron chi connectivity index (χ2n) is 4.96. The maximum atomic E-state index is 5.03. The van der Waals surface area contributed by atoms with Gasteiger partial charge in [-0.05, 0) is 27.2 Å². The Labute approximate surface area is 120 Å². The highest BCUT2D eigenvalue weighted by atomic mass is 16.5. The number of guanidine groups is 1. The molecule has 0 saturated heterocycles. The van der Waals surface area contributed by atoms with Gasteiger partial charge in [0.05, 0.1) is 0 Å². The van der Waals surface area contributed by atoms with Crippen molar-refractivity contribution < 1.29 is 4.74 Å². The van der Waals surface area contributed by atoms with Crippen molar-refractivity contribution in [2.75, 3.05) is 20.3 Å². The van der Waals surface area contributed by atoms with Crippen LogP contribution in [0.25, 0.3) is 0 Å². The molecule has 0 saturated carbocycles. The van der Waals surface area contributed by atoms with Gasteiger partial charge in [-0.3, -0.25) is 0 Å². The van der Waals surface area contributed by atoms with Crippen LogP contribution in [0.4, 0.5) is 0 Å². The van der Waals surface area contributed by atoms with Crippen molar-refractivity contribution >= 4 is 5.96 Å². The fourth-order valence-electron chi connectivity index (χ4n) is 1.59. The highest BCUT2D eigenvalue weighted by molar-refractivity contribution is 5.79. The number of aromatic nitrogens is 3. The molecule has 0 radical (unpaired) electrons. The maximum Gasteiger partial charge on any atom is 0.191 e. The maximum absolute atomic E-state index is 5.03. The number of hydrogen-bond acceptors (Lipinski definition) is 4. The molecule has 7 heteroatoms. The predicted octanol–water partition coefficient (Wildman–Crippen LogP) is 0.604. The van der Waals surface area contributed by atoms with Gasteiger partial charge in [0.1, 0.15) is 12.4 Å². The molecule has 0 bridgehead atoms. The van der Waals surface area contributed by atoms with Gasteiger partial charge in [0, 0.05) is 33.4 Å². The first kappa shape index (κ1) is 16.4. The van der Waals surface area contributed by atoms with Crippen LogP contribution in [0.5, 0.6) is 0 Å². The zero-order chi connectivity index (χ0) is 15.0. The molecule has 0 amide bonds. The van der Waals surface area contributed by atoms with E-state index in [4.69, 9.17) is 4.74 Å². The molecule has 0 aliphatic rings. The molecule has 0 fully saturated rings. The van der Waals surface area contributed by atoms with E-state index in [1.165, 1.54) is 0 Å². The van der Waals surface area contributed by atoms with Crippen LogP contribution in [0, 0.1) is 6.92 Å². The summed E-state index contributed by atoms with van der Waals surface area (Å²) in [6, 6.07) is 0.324. The molecule has 7 nitrogen and oxygen atoms in total. The van der Waals surface area contributed by atoms with Crippen LogP contribution in [0.1, 0.15) is 31.9 Å². The largest absolute Gasteiger partial charge is 0.385 e. The fourth-order valence-corrected chi connectivity index (χ4v) is 1.59. The van der Waals surface area contributed by atoms with Gasteiger partial charge in [0.25, 0.3) is 0 Å². The van der Waals surface area contributed by atoms with Gasteiger partial charge < -0.3 is 19.9 Å². The van der Waals surface area contributed by atoms with Crippen molar-refractivity contribution in [2.24, 2.45) is 12.0 Å². The fraction of sp³-hybridized carbons (Fsp3) is 0.769. The number of rotatable bonds is 7. The minimum Gasteiger partial charge on any atom is -0.385 e. The van der Waals surface area contributed by atoms with Crippen LogP contribution in [0.2, 0.25) is 0 Å². The third kappa shape index (κ3) is 5.56. The quantitative estimate of drug-likeness (QED) is 0.435. The molecular formula is C13H26N6O. The van der Waals surface area contributed by atoms with Crippen LogP contribution in [0.15, 0.2) is 4.99 Å². The zero-order valence-corrected chi connectivity index (χ0v) is 13.1. The summed E-state index contributed by atoms with van der Waals surface area (Å²) < 4.78 is 6.98. The topological polar surface area (TPSA) is 76.4 Å². The first-order chi connectivity index (χ1) is 9.54. The molecule has 0 atom stereocenters. The lowest BCUT2D eigenvalue weighted by Gasteiger charge is -2.15. The molecule has 0 spiro atoms. The van der Waals surface area contributed by atoms with E-state index in [0.29, 0.717) is 12.6 Å². The Bertz CT molecular complexity index is 426. The highest BCUT2D eigenvalue weighted by Gasteiger charge is 2.05. The number of ether oxygens (including phenoxy) is 1. The number of methoxy groups -OCH3 is 1. The van der Waals surface area contributed by atoms with E-state index in [1.54, 1.807) is 7.11 Å². The molecule has 0 aliphatic carbocycles. The Morgan fingerprint density at radius 3 is 2.70 bits per heavy atom. The van der Waals surface area contributed by atoms with E-state index in [9.17, 15) is 0 Å². The second-order valence-corrected chi connectivity index (χ2v) is 4.96. The Balaban J connectivity index is 2.57. The molecule has 1 aromatic heterocycles. The molecule has 1 rings (SSSR count). The number of nitrogens with zero attached hydrogens (tertiary/aromatic N) is 4. The van der Waals surface area contributed by atoms with Crippen LogP contribution in [0.3, 0.4) is 0 Å². The molecule has 2 N–H and O–H groups in total. The summed E-state index contributed by atoms with van der Waals surface area (Å²) in [4.78, 5) is 4.54. The second kappa shape index (κ2) is 8.52. The number of nitrogens with one attached hydrogen (secondary N) is 2. The Kier molecular flexibility index (Phi) is 7.00. The van der Waals surface area contributed by atoms with Crippen molar-refractivity contribution in [3.8, 4) is 0 Å². The van der Waals surface area contributed by atoms with Gasteiger partial charge >= 0.3 is 0 Å². The van der Waals surface area contributed by atoms with Crippen molar-refractivity contribution in [1.29, 1.82) is 0 Å². The summed E-state index contributed by atoms with van der Waals surface area (Å²) in [7, 11) is 3.65. The molecule has 1 heterocycles. The average molecular weight is 282 g/mol. The van der Waals surface area contributed by atoms with E-state index >= 15 is 0 Å². The average Bonchev–Trinajstić information content (AvgIpc) is 2.71. The van der Waals surface area contributed by atoms with E-state index < -0.39 is 0 Å². The van der Waals surface area contributed by atoms with Crippen molar-refractivity contribution in [3.05, 3.63) is 11.6 Å². The van der Waals surface area contributed by atoms with E-state index in [-0.39, 0.29) is 0 Å². The van der Waals surface area contributed by atoms with Crippen LogP contribution in [-0.2, 0) is 18.3 Å². The molecule has 114 valence electrons. The summed E-state index contributed by atoms with van der Waals surface area (Å²) in [6.45, 7) is 8.16. The van der Waals surface area contributed by atoms with Gasteiger partial charge in [0.2, 0.25) is 0 Å². The standard InChI is InChI=1S/C13H26N6O/c1-10(2)16-13(14-7-6-8-20-5)15-9-12-18-17-11(3)19(12)4/h10H,6-9H2,1-5H3,(H2,14,15,16). The SMILES string of the molecule is COCCCNC(=NCc1nnc(C)n1C)NC(C)C. The smallest absolute Gasteiger partial charge is 0.191 e. The minimum atomic E-state index is 0.324. The number of aryl methyl sites for hydroxylation is 1. The lowest BCUT2D eigenvalue weighted by Crippen LogP contribution is -2.41. The third-order valence-electron chi connectivity index (χ3n) is 2.80. The Morgan fingerprint density at radius 2 is 2.15 bits per heavy atom. The first-order valence-electron chi connectivity index (χ1n) is 6.93. The van der Waals surface area contributed by atoms with Gasteiger partial charge in [0.15, 0.2) is 11.8 Å². The lowest BCUT2D eigenvalue weighted by atomic mass is 10.4. The van der Waals surface area contributed by atoms with Crippen LogP contribution in [-0.4, -0.2) is 47.0 Å². The summed E-state index contributed by atoms with van der Waals surface area (Å²) in [5.74, 6) is 2.53. The molecular weight excluding hydrogens is 256 g/mol. The van der Waals surface area contributed by atoms with E-state index in [2.05, 4.69) is 39.7 Å². The van der Waals surface area contributed by atoms with Crippen LogP contribution < -0.4 is 10.6 Å². The van der Waals surface area contributed by atoms with Gasteiger partial charge in [-0.1, -0.05) is 0 Å². The van der Waals surface area contributed by atoms with E-state index in [0.717, 1.165) is 37.2 Å². The number of hydrogen-bond donors (Lipinski definition) is 2. The van der Waals surface area contributed by atoms with Crippen LogP contribution >= 0.6 is 0 Å². The first-order valence-corrected chi connectivity index (χ1v) is 6.93. The summed E-state index contributed by atoms with van der Waals surface area (Å²) in [5.41, 5.74) is 0. The number of aliphatic imine (C=N–C) groups is 1. The van der Waals surface area contributed by atoms with Crippen molar-refractivity contribution in [1.82, 2.24) is 25.4 Å².